The Morgan fingerprint density at radius 1 is 1.52 bits per heavy atom. The van der Waals surface area contributed by atoms with Gasteiger partial charge in [0.15, 0.2) is 0 Å². The number of fused-ring (bicyclic) bond motifs is 1. The van der Waals surface area contributed by atoms with E-state index in [2.05, 4.69) is 0 Å². The fourth-order valence-corrected chi connectivity index (χ4v) is 3.09. The molecular weight excluding hydrogens is 292 g/mol. The van der Waals surface area contributed by atoms with Gasteiger partial charge in [0.1, 0.15) is 11.4 Å². The molecule has 1 aromatic rings. The highest BCUT2D eigenvalue weighted by Crippen LogP contribution is 2.44. The number of carbonyl (C=O) groups excluding carboxylic acids is 1. The minimum atomic E-state index is -1.30. The van der Waals surface area contributed by atoms with Gasteiger partial charge in [0.2, 0.25) is 0 Å². The number of aliphatic hydroxyl groups is 1. The van der Waals surface area contributed by atoms with Crippen LogP contribution < -0.4 is 4.74 Å². The van der Waals surface area contributed by atoms with Crippen LogP contribution in [-0.4, -0.2) is 23.8 Å². The van der Waals surface area contributed by atoms with Crippen molar-refractivity contribution in [3.8, 4) is 5.75 Å². The molecular formula is C16H21ClO4. The van der Waals surface area contributed by atoms with E-state index in [4.69, 9.17) is 21.1 Å². The van der Waals surface area contributed by atoms with Crippen molar-refractivity contribution in [2.24, 2.45) is 0 Å². The van der Waals surface area contributed by atoms with Crippen molar-refractivity contribution >= 4 is 17.6 Å². The summed E-state index contributed by atoms with van der Waals surface area (Å²) < 4.78 is 10.8. The topological polar surface area (TPSA) is 55.8 Å². The third-order valence-corrected chi connectivity index (χ3v) is 4.08. The van der Waals surface area contributed by atoms with Crippen LogP contribution in [-0.2, 0) is 21.6 Å². The van der Waals surface area contributed by atoms with E-state index < -0.39 is 11.6 Å². The number of hydrogen-bond donors (Lipinski definition) is 1. The summed E-state index contributed by atoms with van der Waals surface area (Å²) in [5.41, 5.74) is 0.230. The molecule has 5 heteroatoms. The second-order valence-electron chi connectivity index (χ2n) is 5.44. The standard InChI is InChI=1S/C16H21ClO4/c1-4-11-6-14-12(7-13(11)17)16(19,8-10(3)21-14)9-15(18)20-5-2/h6-7,10,19H,4-5,8-9H2,1-3H3/t10-,16-/m1/s1. The number of rotatable bonds is 4. The maximum atomic E-state index is 11.8. The molecule has 1 aliphatic heterocycles. The van der Waals surface area contributed by atoms with Gasteiger partial charge in [-0.1, -0.05) is 18.5 Å². The fraction of sp³-hybridized carbons (Fsp3) is 0.562. The van der Waals surface area contributed by atoms with Crippen LogP contribution in [0.2, 0.25) is 5.02 Å². The van der Waals surface area contributed by atoms with Crippen molar-refractivity contribution in [2.45, 2.75) is 51.7 Å². The number of esters is 1. The maximum absolute atomic E-state index is 11.8. The quantitative estimate of drug-likeness (QED) is 0.867. The van der Waals surface area contributed by atoms with E-state index in [1.54, 1.807) is 13.0 Å². The zero-order valence-corrected chi connectivity index (χ0v) is 13.4. The number of benzene rings is 1. The van der Waals surface area contributed by atoms with Crippen molar-refractivity contribution < 1.29 is 19.4 Å². The first-order chi connectivity index (χ1) is 9.89. The Kier molecular flexibility index (Phi) is 4.79. The van der Waals surface area contributed by atoms with Crippen molar-refractivity contribution in [2.75, 3.05) is 6.61 Å². The van der Waals surface area contributed by atoms with E-state index in [9.17, 15) is 9.90 Å². The Balaban J connectivity index is 2.41. The number of aryl methyl sites for hydroxylation is 1. The number of hydrogen-bond acceptors (Lipinski definition) is 4. The Labute approximate surface area is 130 Å². The molecule has 0 saturated carbocycles. The number of halogens is 1. The van der Waals surface area contributed by atoms with Gasteiger partial charge in [-0.25, -0.2) is 0 Å². The normalized spacial score (nSPS) is 24.1. The monoisotopic (exact) mass is 312 g/mol. The predicted octanol–water partition coefficient (Wildman–Crippen LogP) is 3.21. The molecule has 2 atom stereocenters. The molecule has 1 aromatic carbocycles. The fourth-order valence-electron chi connectivity index (χ4n) is 2.79. The van der Waals surface area contributed by atoms with E-state index in [0.29, 0.717) is 29.4 Å². The third-order valence-electron chi connectivity index (χ3n) is 3.73. The average Bonchev–Trinajstić information content (AvgIpc) is 2.39. The SMILES string of the molecule is CCOC(=O)C[C@]1(O)C[C@@H](C)Oc2cc(CC)c(Cl)cc21. The lowest BCUT2D eigenvalue weighted by Gasteiger charge is -2.37. The van der Waals surface area contributed by atoms with Crippen LogP contribution in [0.3, 0.4) is 0 Å². The summed E-state index contributed by atoms with van der Waals surface area (Å²) in [6, 6.07) is 3.56. The van der Waals surface area contributed by atoms with Crippen LogP contribution in [0.5, 0.6) is 5.75 Å². The first-order valence-electron chi connectivity index (χ1n) is 7.27. The number of carbonyl (C=O) groups is 1. The van der Waals surface area contributed by atoms with E-state index >= 15 is 0 Å². The van der Waals surface area contributed by atoms with E-state index in [1.165, 1.54) is 0 Å². The van der Waals surface area contributed by atoms with Crippen molar-refractivity contribution in [1.29, 1.82) is 0 Å². The van der Waals surface area contributed by atoms with E-state index in [-0.39, 0.29) is 12.5 Å². The molecule has 0 aliphatic carbocycles. The summed E-state index contributed by atoms with van der Waals surface area (Å²) in [6.45, 7) is 5.92. The van der Waals surface area contributed by atoms with E-state index in [1.807, 2.05) is 19.9 Å². The molecule has 4 nitrogen and oxygen atoms in total. The van der Waals surface area contributed by atoms with Gasteiger partial charge in [-0.2, -0.15) is 0 Å². The van der Waals surface area contributed by atoms with Crippen LogP contribution in [0.1, 0.15) is 44.7 Å². The van der Waals surface area contributed by atoms with Gasteiger partial charge in [0.25, 0.3) is 0 Å². The summed E-state index contributed by atoms with van der Waals surface area (Å²) in [6.07, 6.45) is 0.840. The first kappa shape index (κ1) is 16.1. The van der Waals surface area contributed by atoms with Gasteiger partial charge in [-0.15, -0.1) is 0 Å². The Morgan fingerprint density at radius 3 is 2.86 bits per heavy atom. The largest absolute Gasteiger partial charge is 0.490 e. The maximum Gasteiger partial charge on any atom is 0.309 e. The molecule has 1 aliphatic rings. The Morgan fingerprint density at radius 2 is 2.24 bits per heavy atom. The highest BCUT2D eigenvalue weighted by Gasteiger charge is 2.41. The summed E-state index contributed by atoms with van der Waals surface area (Å²) >= 11 is 6.24. The molecule has 21 heavy (non-hydrogen) atoms. The predicted molar refractivity (Wildman–Crippen MR) is 80.7 cm³/mol. The van der Waals surface area contributed by atoms with Gasteiger partial charge in [-0.3, -0.25) is 4.79 Å². The molecule has 0 fully saturated rings. The number of ether oxygens (including phenoxy) is 2. The third kappa shape index (κ3) is 3.33. The lowest BCUT2D eigenvalue weighted by Crippen LogP contribution is -2.39. The zero-order valence-electron chi connectivity index (χ0n) is 12.6. The van der Waals surface area contributed by atoms with Crippen molar-refractivity contribution in [3.05, 3.63) is 28.3 Å². The van der Waals surface area contributed by atoms with Crippen LogP contribution in [0.15, 0.2) is 12.1 Å². The summed E-state index contributed by atoms with van der Waals surface area (Å²) in [5, 5.41) is 11.5. The Hall–Kier alpha value is -1.26. The van der Waals surface area contributed by atoms with Gasteiger partial charge < -0.3 is 14.6 Å². The molecule has 0 unspecified atom stereocenters. The molecule has 0 aromatic heterocycles. The van der Waals surface area contributed by atoms with Crippen LogP contribution in [0.4, 0.5) is 0 Å². The molecule has 0 radical (unpaired) electrons. The lowest BCUT2D eigenvalue weighted by atomic mass is 9.82. The molecule has 0 bridgehead atoms. The zero-order chi connectivity index (χ0) is 15.6. The lowest BCUT2D eigenvalue weighted by molar-refractivity contribution is -0.151. The van der Waals surface area contributed by atoms with Gasteiger partial charge in [0, 0.05) is 17.0 Å². The van der Waals surface area contributed by atoms with Crippen LogP contribution in [0, 0.1) is 0 Å². The highest BCUT2D eigenvalue weighted by molar-refractivity contribution is 6.31. The molecule has 2 rings (SSSR count). The van der Waals surface area contributed by atoms with Gasteiger partial charge >= 0.3 is 5.97 Å². The highest BCUT2D eigenvalue weighted by atomic mass is 35.5. The van der Waals surface area contributed by atoms with Crippen LogP contribution in [0.25, 0.3) is 0 Å². The minimum Gasteiger partial charge on any atom is -0.490 e. The smallest absolute Gasteiger partial charge is 0.309 e. The molecule has 1 heterocycles. The molecule has 0 amide bonds. The summed E-state index contributed by atoms with van der Waals surface area (Å²) in [7, 11) is 0. The van der Waals surface area contributed by atoms with Gasteiger partial charge in [0.05, 0.1) is 19.1 Å². The van der Waals surface area contributed by atoms with Crippen molar-refractivity contribution in [3.63, 3.8) is 0 Å². The first-order valence-corrected chi connectivity index (χ1v) is 7.65. The molecule has 116 valence electrons. The summed E-state index contributed by atoms with van der Waals surface area (Å²) in [5.74, 6) is 0.178. The second-order valence-corrected chi connectivity index (χ2v) is 5.85. The second kappa shape index (κ2) is 6.24. The van der Waals surface area contributed by atoms with E-state index in [0.717, 1.165) is 12.0 Å². The molecule has 1 N–H and O–H groups in total. The summed E-state index contributed by atoms with van der Waals surface area (Å²) in [4.78, 5) is 11.8. The van der Waals surface area contributed by atoms with Crippen molar-refractivity contribution in [1.82, 2.24) is 0 Å². The molecule has 0 saturated heterocycles. The molecule has 0 spiro atoms. The van der Waals surface area contributed by atoms with Crippen LogP contribution >= 0.6 is 11.6 Å². The minimum absolute atomic E-state index is 0.0939. The average molecular weight is 313 g/mol. The van der Waals surface area contributed by atoms with Gasteiger partial charge in [-0.05, 0) is 38.0 Å². The Bertz CT molecular complexity index is 543.